The van der Waals surface area contributed by atoms with Crippen molar-refractivity contribution >= 4 is 11.5 Å². The summed E-state index contributed by atoms with van der Waals surface area (Å²) in [4.78, 5) is 11.2. The molecule has 1 atom stereocenters. The Hall–Kier alpha value is -1.31. The lowest BCUT2D eigenvalue weighted by Crippen LogP contribution is -2.21. The fraction of sp³-hybridized carbons (Fsp3) is 0.462. The van der Waals surface area contributed by atoms with E-state index in [0.717, 1.165) is 11.3 Å². The molecule has 0 aliphatic carbocycles. The summed E-state index contributed by atoms with van der Waals surface area (Å²) in [6.07, 6.45) is 0. The molecule has 1 aromatic carbocycles. The predicted octanol–water partition coefficient (Wildman–Crippen LogP) is 3.35. The van der Waals surface area contributed by atoms with Gasteiger partial charge in [-0.25, -0.2) is 0 Å². The van der Waals surface area contributed by atoms with Crippen molar-refractivity contribution in [2.75, 3.05) is 5.32 Å². The Bertz CT molecular complexity index is 344. The first-order chi connectivity index (χ1) is 7.00. The molecule has 15 heavy (non-hydrogen) atoms. The third-order valence-corrected chi connectivity index (χ3v) is 2.66. The smallest absolute Gasteiger partial charge is 0.159 e. The molecule has 0 amide bonds. The van der Waals surface area contributed by atoms with Gasteiger partial charge in [0, 0.05) is 17.3 Å². The average Bonchev–Trinajstić information content (AvgIpc) is 2.18. The molecular weight excluding hydrogens is 186 g/mol. The molecule has 1 N–H and O–H groups in total. The van der Waals surface area contributed by atoms with E-state index < -0.39 is 0 Å². The van der Waals surface area contributed by atoms with E-state index in [2.05, 4.69) is 26.1 Å². The summed E-state index contributed by atoms with van der Waals surface area (Å²) in [5, 5.41) is 3.38. The molecule has 0 aliphatic heterocycles. The molecule has 2 heteroatoms. The van der Waals surface area contributed by atoms with Crippen molar-refractivity contribution in [1.82, 2.24) is 0 Å². The number of Topliss-reactive ketones (excluding diaryl/α,β-unsaturated/α-hetero) is 1. The molecule has 0 saturated carbocycles. The highest BCUT2D eigenvalue weighted by atomic mass is 16.1. The van der Waals surface area contributed by atoms with E-state index >= 15 is 0 Å². The van der Waals surface area contributed by atoms with Gasteiger partial charge in [-0.15, -0.1) is 0 Å². The van der Waals surface area contributed by atoms with Crippen LogP contribution in [0.4, 0.5) is 5.69 Å². The predicted molar refractivity (Wildman–Crippen MR) is 64.4 cm³/mol. The van der Waals surface area contributed by atoms with E-state index in [1.807, 2.05) is 24.3 Å². The Balaban J connectivity index is 2.78. The molecule has 1 unspecified atom stereocenters. The van der Waals surface area contributed by atoms with Crippen molar-refractivity contribution < 1.29 is 4.79 Å². The SMILES string of the molecule is CC(=O)c1cccc(NC(C)C(C)C)c1. The third kappa shape index (κ3) is 3.39. The topological polar surface area (TPSA) is 29.1 Å². The van der Waals surface area contributed by atoms with Gasteiger partial charge in [0.2, 0.25) is 0 Å². The highest BCUT2D eigenvalue weighted by Gasteiger charge is 2.07. The Kier molecular flexibility index (Phi) is 3.89. The van der Waals surface area contributed by atoms with Crippen molar-refractivity contribution in [1.29, 1.82) is 0 Å². The highest BCUT2D eigenvalue weighted by molar-refractivity contribution is 5.94. The van der Waals surface area contributed by atoms with Crippen molar-refractivity contribution in [2.45, 2.75) is 33.7 Å². The van der Waals surface area contributed by atoms with Gasteiger partial charge in [0.15, 0.2) is 5.78 Å². The number of nitrogens with one attached hydrogen (secondary N) is 1. The molecule has 0 aliphatic rings. The van der Waals surface area contributed by atoms with Gasteiger partial charge in [-0.3, -0.25) is 4.79 Å². The molecule has 0 fully saturated rings. The Morgan fingerprint density at radius 3 is 2.47 bits per heavy atom. The number of rotatable bonds is 4. The lowest BCUT2D eigenvalue weighted by molar-refractivity contribution is 0.101. The Morgan fingerprint density at radius 2 is 1.93 bits per heavy atom. The molecule has 0 radical (unpaired) electrons. The first-order valence-electron chi connectivity index (χ1n) is 5.38. The number of carbonyl (C=O) groups excluding carboxylic acids is 1. The molecule has 0 heterocycles. The van der Waals surface area contributed by atoms with E-state index in [1.54, 1.807) is 6.92 Å². The molecule has 1 aromatic rings. The average molecular weight is 205 g/mol. The number of hydrogen-bond acceptors (Lipinski definition) is 2. The van der Waals surface area contributed by atoms with Crippen LogP contribution in [-0.4, -0.2) is 11.8 Å². The molecule has 0 bridgehead atoms. The van der Waals surface area contributed by atoms with Gasteiger partial charge in [-0.2, -0.15) is 0 Å². The molecule has 0 saturated heterocycles. The van der Waals surface area contributed by atoms with Crippen LogP contribution >= 0.6 is 0 Å². The summed E-state index contributed by atoms with van der Waals surface area (Å²) in [5.74, 6) is 0.682. The summed E-state index contributed by atoms with van der Waals surface area (Å²) < 4.78 is 0. The van der Waals surface area contributed by atoms with Gasteiger partial charge in [-0.1, -0.05) is 26.0 Å². The molecule has 0 spiro atoms. The van der Waals surface area contributed by atoms with Gasteiger partial charge < -0.3 is 5.32 Å². The van der Waals surface area contributed by atoms with E-state index in [4.69, 9.17) is 0 Å². The van der Waals surface area contributed by atoms with E-state index in [0.29, 0.717) is 12.0 Å². The monoisotopic (exact) mass is 205 g/mol. The van der Waals surface area contributed by atoms with Crippen LogP contribution in [0.3, 0.4) is 0 Å². The summed E-state index contributed by atoms with van der Waals surface area (Å²) in [5.41, 5.74) is 1.78. The van der Waals surface area contributed by atoms with Crippen molar-refractivity contribution in [2.24, 2.45) is 5.92 Å². The number of anilines is 1. The zero-order valence-electron chi connectivity index (χ0n) is 9.87. The summed E-state index contributed by atoms with van der Waals surface area (Å²) in [7, 11) is 0. The summed E-state index contributed by atoms with van der Waals surface area (Å²) in [6.45, 7) is 8.08. The zero-order chi connectivity index (χ0) is 11.4. The summed E-state index contributed by atoms with van der Waals surface area (Å²) in [6, 6.07) is 8.05. The maximum absolute atomic E-state index is 11.2. The highest BCUT2D eigenvalue weighted by Crippen LogP contribution is 2.14. The minimum atomic E-state index is 0.107. The lowest BCUT2D eigenvalue weighted by atomic mass is 10.1. The first kappa shape index (κ1) is 11.8. The number of ketones is 1. The maximum Gasteiger partial charge on any atom is 0.159 e. The number of benzene rings is 1. The molecule has 82 valence electrons. The standard InChI is InChI=1S/C13H19NO/c1-9(2)10(3)14-13-7-5-6-12(8-13)11(4)15/h5-10,14H,1-4H3. The third-order valence-electron chi connectivity index (χ3n) is 2.66. The second-order valence-electron chi connectivity index (χ2n) is 4.31. The lowest BCUT2D eigenvalue weighted by Gasteiger charge is -2.19. The minimum Gasteiger partial charge on any atom is -0.382 e. The summed E-state index contributed by atoms with van der Waals surface area (Å²) >= 11 is 0. The van der Waals surface area contributed by atoms with E-state index in [1.165, 1.54) is 0 Å². The van der Waals surface area contributed by atoms with Crippen molar-refractivity contribution in [3.63, 3.8) is 0 Å². The largest absolute Gasteiger partial charge is 0.382 e. The van der Waals surface area contributed by atoms with E-state index in [-0.39, 0.29) is 5.78 Å². The van der Waals surface area contributed by atoms with Crippen molar-refractivity contribution in [3.8, 4) is 0 Å². The number of carbonyl (C=O) groups is 1. The quantitative estimate of drug-likeness (QED) is 0.764. The van der Waals surface area contributed by atoms with Crippen LogP contribution in [0.15, 0.2) is 24.3 Å². The zero-order valence-corrected chi connectivity index (χ0v) is 9.87. The second kappa shape index (κ2) is 4.96. The van der Waals surface area contributed by atoms with Crippen LogP contribution in [0.1, 0.15) is 38.1 Å². The first-order valence-corrected chi connectivity index (χ1v) is 5.38. The van der Waals surface area contributed by atoms with E-state index in [9.17, 15) is 4.79 Å². The minimum absolute atomic E-state index is 0.107. The van der Waals surface area contributed by atoms with Crippen LogP contribution in [-0.2, 0) is 0 Å². The van der Waals surface area contributed by atoms with Gasteiger partial charge in [0.25, 0.3) is 0 Å². The molecule has 1 rings (SSSR count). The Morgan fingerprint density at radius 1 is 1.27 bits per heavy atom. The molecular formula is C13H19NO. The van der Waals surface area contributed by atoms with Gasteiger partial charge in [-0.05, 0) is 31.9 Å². The van der Waals surface area contributed by atoms with Crippen LogP contribution in [0, 0.1) is 5.92 Å². The van der Waals surface area contributed by atoms with Crippen LogP contribution in [0.5, 0.6) is 0 Å². The fourth-order valence-electron chi connectivity index (χ4n) is 1.26. The maximum atomic E-state index is 11.2. The number of hydrogen-bond donors (Lipinski definition) is 1. The van der Waals surface area contributed by atoms with Gasteiger partial charge in [0.05, 0.1) is 0 Å². The molecule has 0 aromatic heterocycles. The fourth-order valence-corrected chi connectivity index (χ4v) is 1.26. The van der Waals surface area contributed by atoms with Gasteiger partial charge >= 0.3 is 0 Å². The Labute approximate surface area is 91.7 Å². The van der Waals surface area contributed by atoms with Gasteiger partial charge in [0.1, 0.15) is 0 Å². The van der Waals surface area contributed by atoms with Crippen molar-refractivity contribution in [3.05, 3.63) is 29.8 Å². The normalized spacial score (nSPS) is 12.6. The van der Waals surface area contributed by atoms with Crippen LogP contribution in [0.2, 0.25) is 0 Å². The van der Waals surface area contributed by atoms with Crippen LogP contribution in [0.25, 0.3) is 0 Å². The molecule has 2 nitrogen and oxygen atoms in total. The second-order valence-corrected chi connectivity index (χ2v) is 4.31. The van der Waals surface area contributed by atoms with Crippen LogP contribution < -0.4 is 5.32 Å².